The number of nitrogens with one attached hydrogen (secondary N) is 1. The Labute approximate surface area is 107 Å². The van der Waals surface area contributed by atoms with Crippen molar-refractivity contribution in [2.75, 3.05) is 18.0 Å². The highest BCUT2D eigenvalue weighted by Gasteiger charge is 2.21. The van der Waals surface area contributed by atoms with Gasteiger partial charge in [-0.25, -0.2) is 4.98 Å². The molecule has 1 aromatic carbocycles. The lowest BCUT2D eigenvalue weighted by molar-refractivity contribution is -0.123. The minimum atomic E-state index is -0.0790. The molecule has 1 saturated heterocycles. The zero-order valence-electron chi connectivity index (χ0n) is 9.55. The standard InChI is InChI=1S/C12H11N3O2S/c16-11-3-4-15(12(17)6-13-11)8-1-2-9-10(5-8)18-7-14-9/h1-2,5,7H,3-4,6H2,(H,13,16). The fourth-order valence-corrected chi connectivity index (χ4v) is 2.69. The molecular weight excluding hydrogens is 250 g/mol. The molecule has 92 valence electrons. The van der Waals surface area contributed by atoms with Crippen molar-refractivity contribution in [3.63, 3.8) is 0 Å². The highest BCUT2D eigenvalue weighted by Crippen LogP contribution is 2.25. The molecule has 1 aliphatic rings. The Morgan fingerprint density at radius 2 is 2.22 bits per heavy atom. The average molecular weight is 261 g/mol. The van der Waals surface area contributed by atoms with E-state index < -0.39 is 0 Å². The van der Waals surface area contributed by atoms with E-state index in [1.54, 1.807) is 21.7 Å². The molecule has 0 radical (unpaired) electrons. The molecule has 0 unspecified atom stereocenters. The molecule has 1 fully saturated rings. The van der Waals surface area contributed by atoms with Crippen LogP contribution in [0, 0.1) is 0 Å². The van der Waals surface area contributed by atoms with E-state index in [0.717, 1.165) is 15.9 Å². The predicted octanol–water partition coefficient (Wildman–Crippen LogP) is 1.15. The van der Waals surface area contributed by atoms with Crippen molar-refractivity contribution in [2.45, 2.75) is 6.42 Å². The summed E-state index contributed by atoms with van der Waals surface area (Å²) in [6.07, 6.45) is 0.340. The fraction of sp³-hybridized carbons (Fsp3) is 0.250. The first kappa shape index (κ1) is 11.2. The summed E-state index contributed by atoms with van der Waals surface area (Å²) in [4.78, 5) is 29.1. The Morgan fingerprint density at radius 3 is 3.11 bits per heavy atom. The molecule has 18 heavy (non-hydrogen) atoms. The van der Waals surface area contributed by atoms with Gasteiger partial charge in [-0.3, -0.25) is 9.59 Å². The molecule has 1 N–H and O–H groups in total. The topological polar surface area (TPSA) is 62.3 Å². The van der Waals surface area contributed by atoms with Crippen molar-refractivity contribution >= 4 is 39.1 Å². The van der Waals surface area contributed by atoms with E-state index >= 15 is 0 Å². The lowest BCUT2D eigenvalue weighted by Gasteiger charge is -2.19. The summed E-state index contributed by atoms with van der Waals surface area (Å²) in [6.45, 7) is 0.495. The number of benzene rings is 1. The molecule has 1 aromatic heterocycles. The molecule has 2 amide bonds. The zero-order chi connectivity index (χ0) is 12.5. The molecule has 0 saturated carbocycles. The molecule has 2 aromatic rings. The predicted molar refractivity (Wildman–Crippen MR) is 69.6 cm³/mol. The smallest absolute Gasteiger partial charge is 0.246 e. The van der Waals surface area contributed by atoms with Crippen LogP contribution in [0.1, 0.15) is 6.42 Å². The average Bonchev–Trinajstić information content (AvgIpc) is 2.77. The van der Waals surface area contributed by atoms with Crippen LogP contribution in [0.3, 0.4) is 0 Å². The molecule has 0 aliphatic carbocycles. The normalized spacial score (nSPS) is 16.8. The maximum Gasteiger partial charge on any atom is 0.246 e. The van der Waals surface area contributed by atoms with Gasteiger partial charge in [0, 0.05) is 18.7 Å². The van der Waals surface area contributed by atoms with Crippen LogP contribution in [0.5, 0.6) is 0 Å². The minimum absolute atomic E-state index is 0.0690. The van der Waals surface area contributed by atoms with Crippen LogP contribution in [-0.4, -0.2) is 29.9 Å². The number of anilines is 1. The highest BCUT2D eigenvalue weighted by molar-refractivity contribution is 7.16. The second-order valence-corrected chi connectivity index (χ2v) is 4.96. The van der Waals surface area contributed by atoms with Crippen LogP contribution in [0.2, 0.25) is 0 Å². The number of carbonyl (C=O) groups excluding carboxylic acids is 2. The largest absolute Gasteiger partial charge is 0.347 e. The van der Waals surface area contributed by atoms with Crippen LogP contribution >= 0.6 is 11.3 Å². The molecule has 6 heteroatoms. The number of nitrogens with zero attached hydrogens (tertiary/aromatic N) is 2. The molecule has 3 rings (SSSR count). The third-order valence-corrected chi connectivity index (χ3v) is 3.72. The maximum atomic E-state index is 11.9. The Balaban J connectivity index is 1.96. The van der Waals surface area contributed by atoms with Gasteiger partial charge in [-0.15, -0.1) is 11.3 Å². The molecule has 0 bridgehead atoms. The number of rotatable bonds is 1. The number of carbonyl (C=O) groups is 2. The van der Waals surface area contributed by atoms with E-state index in [1.807, 2.05) is 18.2 Å². The third kappa shape index (κ3) is 1.95. The van der Waals surface area contributed by atoms with E-state index in [0.29, 0.717) is 13.0 Å². The van der Waals surface area contributed by atoms with E-state index in [2.05, 4.69) is 10.3 Å². The summed E-state index contributed by atoms with van der Waals surface area (Å²) >= 11 is 1.54. The van der Waals surface area contributed by atoms with Crippen LogP contribution in [0.25, 0.3) is 10.2 Å². The lowest BCUT2D eigenvalue weighted by atomic mass is 10.2. The van der Waals surface area contributed by atoms with E-state index in [9.17, 15) is 9.59 Å². The van der Waals surface area contributed by atoms with Crippen molar-refractivity contribution in [1.29, 1.82) is 0 Å². The summed E-state index contributed by atoms with van der Waals surface area (Å²) < 4.78 is 1.05. The zero-order valence-corrected chi connectivity index (χ0v) is 10.4. The van der Waals surface area contributed by atoms with Crippen LogP contribution in [-0.2, 0) is 9.59 Å². The second-order valence-electron chi connectivity index (χ2n) is 4.08. The van der Waals surface area contributed by atoms with Crippen molar-refractivity contribution < 1.29 is 9.59 Å². The Hall–Kier alpha value is -1.95. The number of amides is 2. The van der Waals surface area contributed by atoms with Crippen molar-refractivity contribution in [3.8, 4) is 0 Å². The van der Waals surface area contributed by atoms with E-state index in [-0.39, 0.29) is 18.4 Å². The molecule has 0 spiro atoms. The first-order valence-corrected chi connectivity index (χ1v) is 6.52. The molecule has 2 heterocycles. The molecular formula is C12H11N3O2S. The summed E-state index contributed by atoms with van der Waals surface area (Å²) in [7, 11) is 0. The van der Waals surface area contributed by atoms with Crippen LogP contribution < -0.4 is 10.2 Å². The summed E-state index contributed by atoms with van der Waals surface area (Å²) in [5, 5.41) is 2.59. The van der Waals surface area contributed by atoms with Gasteiger partial charge in [0.2, 0.25) is 11.8 Å². The van der Waals surface area contributed by atoms with Crippen molar-refractivity contribution in [1.82, 2.24) is 10.3 Å². The van der Waals surface area contributed by atoms with Gasteiger partial charge in [-0.05, 0) is 18.2 Å². The first-order valence-electron chi connectivity index (χ1n) is 5.64. The number of hydrogen-bond acceptors (Lipinski definition) is 4. The van der Waals surface area contributed by atoms with Gasteiger partial charge in [-0.1, -0.05) is 0 Å². The molecule has 0 atom stereocenters. The quantitative estimate of drug-likeness (QED) is 0.837. The second kappa shape index (κ2) is 4.38. The Bertz CT molecular complexity index is 623. The monoisotopic (exact) mass is 261 g/mol. The number of hydrogen-bond donors (Lipinski definition) is 1. The summed E-state index contributed by atoms with van der Waals surface area (Å²) in [6, 6.07) is 5.71. The third-order valence-electron chi connectivity index (χ3n) is 2.93. The SMILES string of the molecule is O=C1CCN(c2ccc3ncsc3c2)C(=O)CN1. The Kier molecular flexibility index (Phi) is 2.71. The van der Waals surface area contributed by atoms with Crippen molar-refractivity contribution in [2.24, 2.45) is 0 Å². The number of fused-ring (bicyclic) bond motifs is 1. The maximum absolute atomic E-state index is 11.9. The van der Waals surface area contributed by atoms with Gasteiger partial charge in [0.25, 0.3) is 0 Å². The molecule has 1 aliphatic heterocycles. The van der Waals surface area contributed by atoms with Gasteiger partial charge in [-0.2, -0.15) is 0 Å². The van der Waals surface area contributed by atoms with Gasteiger partial charge in [0.15, 0.2) is 0 Å². The summed E-state index contributed by atoms with van der Waals surface area (Å²) in [5.74, 6) is -0.158. The summed E-state index contributed by atoms with van der Waals surface area (Å²) in [5.41, 5.74) is 3.54. The minimum Gasteiger partial charge on any atom is -0.347 e. The number of thiazole rings is 1. The molecule has 5 nitrogen and oxygen atoms in total. The van der Waals surface area contributed by atoms with Crippen LogP contribution in [0.4, 0.5) is 5.69 Å². The number of aromatic nitrogens is 1. The lowest BCUT2D eigenvalue weighted by Crippen LogP contribution is -2.35. The first-order chi connectivity index (χ1) is 8.74. The van der Waals surface area contributed by atoms with Gasteiger partial charge < -0.3 is 10.2 Å². The van der Waals surface area contributed by atoms with Crippen molar-refractivity contribution in [3.05, 3.63) is 23.7 Å². The van der Waals surface area contributed by atoms with E-state index in [1.165, 1.54) is 0 Å². The Morgan fingerprint density at radius 1 is 1.33 bits per heavy atom. The van der Waals surface area contributed by atoms with Gasteiger partial charge >= 0.3 is 0 Å². The van der Waals surface area contributed by atoms with Gasteiger partial charge in [0.1, 0.15) is 0 Å². The highest BCUT2D eigenvalue weighted by atomic mass is 32.1. The van der Waals surface area contributed by atoms with E-state index in [4.69, 9.17) is 0 Å². The fourth-order valence-electron chi connectivity index (χ4n) is 1.98. The van der Waals surface area contributed by atoms with Crippen LogP contribution in [0.15, 0.2) is 23.7 Å². The van der Waals surface area contributed by atoms with Gasteiger partial charge in [0.05, 0.1) is 22.3 Å².